The highest BCUT2D eigenvalue weighted by Crippen LogP contribution is 2.31. The second-order valence-electron chi connectivity index (χ2n) is 6.67. The zero-order valence-corrected chi connectivity index (χ0v) is 13.8. The van der Waals surface area contributed by atoms with Crippen LogP contribution >= 0.6 is 12.4 Å². The Kier molecular flexibility index (Phi) is 6.49. The Bertz CT molecular complexity index is 411. The van der Waals surface area contributed by atoms with Gasteiger partial charge in [0.15, 0.2) is 5.82 Å². The van der Waals surface area contributed by atoms with Crippen LogP contribution in [0.25, 0.3) is 0 Å². The maximum Gasteiger partial charge on any atom is 0.226 e. The molecule has 0 aromatic carbocycles. The Morgan fingerprint density at radius 2 is 2.00 bits per heavy atom. The molecule has 0 spiro atoms. The van der Waals surface area contributed by atoms with Gasteiger partial charge in [-0.3, -0.25) is 0 Å². The van der Waals surface area contributed by atoms with Crippen molar-refractivity contribution in [2.75, 3.05) is 13.1 Å². The highest BCUT2D eigenvalue weighted by Gasteiger charge is 2.24. The van der Waals surface area contributed by atoms with Crippen LogP contribution in [-0.4, -0.2) is 23.2 Å². The minimum absolute atomic E-state index is 0. The summed E-state index contributed by atoms with van der Waals surface area (Å²) in [6.07, 6.45) is 10.0. The van der Waals surface area contributed by atoms with Crippen molar-refractivity contribution in [1.82, 2.24) is 15.5 Å². The molecule has 0 amide bonds. The summed E-state index contributed by atoms with van der Waals surface area (Å²) in [5.74, 6) is 3.75. The zero-order chi connectivity index (χ0) is 13.8. The number of rotatable bonds is 4. The predicted octanol–water partition coefficient (Wildman–Crippen LogP) is 3.72. The van der Waals surface area contributed by atoms with Crippen LogP contribution in [0.2, 0.25) is 0 Å². The maximum atomic E-state index is 5.50. The van der Waals surface area contributed by atoms with Gasteiger partial charge in [0.05, 0.1) is 0 Å². The molecule has 1 aliphatic carbocycles. The molecule has 1 aromatic heterocycles. The van der Waals surface area contributed by atoms with Gasteiger partial charge in [0.2, 0.25) is 5.89 Å². The summed E-state index contributed by atoms with van der Waals surface area (Å²) in [6, 6.07) is 0. The Labute approximate surface area is 133 Å². The van der Waals surface area contributed by atoms with Gasteiger partial charge >= 0.3 is 0 Å². The van der Waals surface area contributed by atoms with E-state index in [1.54, 1.807) is 0 Å². The van der Waals surface area contributed by atoms with Gasteiger partial charge in [-0.1, -0.05) is 31.3 Å². The van der Waals surface area contributed by atoms with Gasteiger partial charge in [-0.25, -0.2) is 0 Å². The number of aromatic nitrogens is 2. The first-order valence-electron chi connectivity index (χ1n) is 8.36. The molecule has 2 unspecified atom stereocenters. The fourth-order valence-corrected chi connectivity index (χ4v) is 3.68. The van der Waals surface area contributed by atoms with Crippen molar-refractivity contribution in [2.24, 2.45) is 11.8 Å². The molecule has 0 bridgehead atoms. The Morgan fingerprint density at radius 1 is 1.19 bits per heavy atom. The van der Waals surface area contributed by atoms with Crippen LogP contribution in [0.15, 0.2) is 4.52 Å². The molecule has 2 atom stereocenters. The van der Waals surface area contributed by atoms with Gasteiger partial charge in [0.1, 0.15) is 0 Å². The molecule has 1 aromatic rings. The molecule has 21 heavy (non-hydrogen) atoms. The number of halogens is 1. The summed E-state index contributed by atoms with van der Waals surface area (Å²) in [5.41, 5.74) is 0. The smallest absolute Gasteiger partial charge is 0.226 e. The normalized spacial score (nSPS) is 25.3. The molecule has 120 valence electrons. The SMILES string of the molecule is CC(Cc1nc(C2CCCCC2)no1)C1CCCNC1.Cl. The summed E-state index contributed by atoms with van der Waals surface area (Å²) in [6.45, 7) is 4.64. The quantitative estimate of drug-likeness (QED) is 0.920. The van der Waals surface area contributed by atoms with Gasteiger partial charge in [-0.15, -0.1) is 12.4 Å². The Hall–Kier alpha value is -0.610. The van der Waals surface area contributed by atoms with E-state index in [2.05, 4.69) is 22.4 Å². The molecule has 4 nitrogen and oxygen atoms in total. The lowest BCUT2D eigenvalue weighted by atomic mass is 9.85. The molecule has 1 saturated heterocycles. The maximum absolute atomic E-state index is 5.50. The van der Waals surface area contributed by atoms with E-state index >= 15 is 0 Å². The molecule has 3 rings (SSSR count). The third-order valence-electron chi connectivity index (χ3n) is 5.09. The van der Waals surface area contributed by atoms with E-state index in [-0.39, 0.29) is 12.4 Å². The van der Waals surface area contributed by atoms with E-state index in [0.717, 1.165) is 30.6 Å². The molecule has 2 heterocycles. The predicted molar refractivity (Wildman–Crippen MR) is 85.8 cm³/mol. The fourth-order valence-electron chi connectivity index (χ4n) is 3.68. The Morgan fingerprint density at radius 3 is 2.71 bits per heavy atom. The van der Waals surface area contributed by atoms with Gasteiger partial charge in [-0.05, 0) is 50.6 Å². The lowest BCUT2D eigenvalue weighted by Gasteiger charge is -2.27. The first-order chi connectivity index (χ1) is 9.83. The molecule has 2 aliphatic rings. The molecule has 5 heteroatoms. The van der Waals surface area contributed by atoms with Gasteiger partial charge < -0.3 is 9.84 Å². The van der Waals surface area contributed by atoms with E-state index in [1.807, 2.05) is 0 Å². The lowest BCUT2D eigenvalue weighted by molar-refractivity contribution is 0.256. The largest absolute Gasteiger partial charge is 0.339 e. The number of nitrogens with one attached hydrogen (secondary N) is 1. The molecular weight excluding hydrogens is 286 g/mol. The number of nitrogens with zero attached hydrogens (tertiary/aromatic N) is 2. The average molecular weight is 314 g/mol. The second kappa shape index (κ2) is 8.14. The van der Waals surface area contributed by atoms with Crippen molar-refractivity contribution in [3.8, 4) is 0 Å². The molecule has 0 radical (unpaired) electrons. The van der Waals surface area contributed by atoms with Crippen molar-refractivity contribution >= 4 is 12.4 Å². The number of hydrogen-bond acceptors (Lipinski definition) is 4. The molecule has 1 aliphatic heterocycles. The standard InChI is InChI=1S/C16H27N3O.ClH/c1-12(14-8-5-9-17-11-14)10-15-18-16(19-20-15)13-6-3-2-4-7-13;/h12-14,17H,2-11H2,1H3;1H. The zero-order valence-electron chi connectivity index (χ0n) is 13.0. The first-order valence-corrected chi connectivity index (χ1v) is 8.36. The van der Waals surface area contributed by atoms with Gasteiger partial charge in [0, 0.05) is 12.3 Å². The minimum atomic E-state index is 0. The molecule has 1 N–H and O–H groups in total. The average Bonchev–Trinajstić information content (AvgIpc) is 2.97. The van der Waals surface area contributed by atoms with Crippen molar-refractivity contribution in [2.45, 2.75) is 64.2 Å². The minimum Gasteiger partial charge on any atom is -0.339 e. The van der Waals surface area contributed by atoms with Gasteiger partial charge in [0.25, 0.3) is 0 Å². The molecule has 2 fully saturated rings. The van der Waals surface area contributed by atoms with Gasteiger partial charge in [-0.2, -0.15) is 4.98 Å². The highest BCUT2D eigenvalue weighted by molar-refractivity contribution is 5.85. The third kappa shape index (κ3) is 4.43. The van der Waals surface area contributed by atoms with E-state index in [4.69, 9.17) is 4.52 Å². The van der Waals surface area contributed by atoms with Crippen LogP contribution in [0.5, 0.6) is 0 Å². The lowest BCUT2D eigenvalue weighted by Crippen LogP contribution is -2.33. The summed E-state index contributed by atoms with van der Waals surface area (Å²) >= 11 is 0. The van der Waals surface area contributed by atoms with Crippen molar-refractivity contribution in [1.29, 1.82) is 0 Å². The van der Waals surface area contributed by atoms with Crippen molar-refractivity contribution < 1.29 is 4.52 Å². The van der Waals surface area contributed by atoms with Crippen LogP contribution in [0, 0.1) is 11.8 Å². The fraction of sp³-hybridized carbons (Fsp3) is 0.875. The second-order valence-corrected chi connectivity index (χ2v) is 6.67. The summed E-state index contributed by atoms with van der Waals surface area (Å²) in [7, 11) is 0. The van der Waals surface area contributed by atoms with E-state index < -0.39 is 0 Å². The van der Waals surface area contributed by atoms with Crippen molar-refractivity contribution in [3.63, 3.8) is 0 Å². The third-order valence-corrected chi connectivity index (χ3v) is 5.09. The highest BCUT2D eigenvalue weighted by atomic mass is 35.5. The van der Waals surface area contributed by atoms with Crippen LogP contribution in [-0.2, 0) is 6.42 Å². The topological polar surface area (TPSA) is 51.0 Å². The molecular formula is C16H28ClN3O. The van der Waals surface area contributed by atoms with Crippen LogP contribution in [0.4, 0.5) is 0 Å². The van der Waals surface area contributed by atoms with E-state index in [0.29, 0.717) is 11.8 Å². The van der Waals surface area contributed by atoms with Crippen LogP contribution < -0.4 is 5.32 Å². The monoisotopic (exact) mass is 313 g/mol. The Balaban J connectivity index is 0.00000161. The van der Waals surface area contributed by atoms with Crippen LogP contribution in [0.1, 0.15) is 69.5 Å². The van der Waals surface area contributed by atoms with E-state index in [1.165, 1.54) is 51.5 Å². The first kappa shape index (κ1) is 16.8. The molecule has 1 saturated carbocycles. The van der Waals surface area contributed by atoms with Crippen molar-refractivity contribution in [3.05, 3.63) is 11.7 Å². The number of hydrogen-bond donors (Lipinski definition) is 1. The summed E-state index contributed by atoms with van der Waals surface area (Å²) in [4.78, 5) is 4.67. The number of piperidine rings is 1. The summed E-state index contributed by atoms with van der Waals surface area (Å²) in [5, 5.41) is 7.73. The summed E-state index contributed by atoms with van der Waals surface area (Å²) < 4.78 is 5.50. The van der Waals surface area contributed by atoms with Crippen LogP contribution in [0.3, 0.4) is 0 Å². The van der Waals surface area contributed by atoms with E-state index in [9.17, 15) is 0 Å².